The van der Waals surface area contributed by atoms with Crippen LogP contribution in [0.25, 0.3) is 0 Å². The Bertz CT molecular complexity index is 445. The van der Waals surface area contributed by atoms with Crippen LogP contribution in [0.2, 0.25) is 0 Å². The van der Waals surface area contributed by atoms with E-state index in [4.69, 9.17) is 0 Å². The average Bonchev–Trinajstić information content (AvgIpc) is 2.67. The van der Waals surface area contributed by atoms with Crippen molar-refractivity contribution in [2.24, 2.45) is 0 Å². The predicted octanol–water partition coefficient (Wildman–Crippen LogP) is 9.50. The molecule has 156 valence electrons. The smallest absolute Gasteiger partial charge is 0.0276 e. The van der Waals surface area contributed by atoms with Gasteiger partial charge in [-0.25, -0.2) is 0 Å². The second kappa shape index (κ2) is 17.3. The van der Waals surface area contributed by atoms with Crippen LogP contribution >= 0.6 is 0 Å². The average molecular weight is 373 g/mol. The highest BCUT2D eigenvalue weighted by Crippen LogP contribution is 2.17. The molecule has 0 fully saturated rings. The van der Waals surface area contributed by atoms with Gasteiger partial charge in [-0.15, -0.1) is 0 Å². The van der Waals surface area contributed by atoms with E-state index in [1.807, 2.05) is 0 Å². The summed E-state index contributed by atoms with van der Waals surface area (Å²) in [6, 6.07) is 6.76. The van der Waals surface area contributed by atoms with Crippen LogP contribution in [-0.4, -0.2) is 0 Å². The molecule has 1 aromatic carbocycles. The molecule has 0 spiro atoms. The monoisotopic (exact) mass is 372 g/mol. The fourth-order valence-corrected chi connectivity index (χ4v) is 4.12. The molecule has 0 nitrogen and oxygen atoms in total. The van der Waals surface area contributed by atoms with Crippen LogP contribution in [0.15, 0.2) is 18.2 Å². The molecular weight excluding hydrogens is 324 g/mol. The molecule has 0 amide bonds. The van der Waals surface area contributed by atoms with Crippen molar-refractivity contribution in [1.29, 1.82) is 0 Å². The topological polar surface area (TPSA) is 0 Å². The molecule has 0 aliphatic rings. The molecule has 0 heteroatoms. The van der Waals surface area contributed by atoms with Gasteiger partial charge in [-0.05, 0) is 43.4 Å². The van der Waals surface area contributed by atoms with E-state index < -0.39 is 0 Å². The number of hydrogen-bond acceptors (Lipinski definition) is 0. The van der Waals surface area contributed by atoms with Crippen LogP contribution in [0.3, 0.4) is 0 Å². The van der Waals surface area contributed by atoms with Crippen LogP contribution in [0.1, 0.15) is 133 Å². The second-order valence-corrected chi connectivity index (χ2v) is 8.77. The maximum Gasteiger partial charge on any atom is -0.0276 e. The lowest BCUT2D eigenvalue weighted by Gasteiger charge is -2.08. The largest absolute Gasteiger partial charge is 0.0654 e. The fourth-order valence-electron chi connectivity index (χ4n) is 4.12. The molecule has 0 heterocycles. The quantitative estimate of drug-likeness (QED) is 0.225. The van der Waals surface area contributed by atoms with Crippen molar-refractivity contribution >= 4 is 0 Å². The Hall–Kier alpha value is -0.780. The van der Waals surface area contributed by atoms with Gasteiger partial charge in [-0.3, -0.25) is 0 Å². The number of benzene rings is 1. The summed E-state index contributed by atoms with van der Waals surface area (Å²) < 4.78 is 0. The van der Waals surface area contributed by atoms with Crippen LogP contribution in [0.4, 0.5) is 0 Å². The van der Waals surface area contributed by atoms with Gasteiger partial charge in [0, 0.05) is 0 Å². The summed E-state index contributed by atoms with van der Waals surface area (Å²) in [7, 11) is 0. The predicted molar refractivity (Wildman–Crippen MR) is 124 cm³/mol. The Morgan fingerprint density at radius 1 is 0.519 bits per heavy atom. The third-order valence-electron chi connectivity index (χ3n) is 6.27. The van der Waals surface area contributed by atoms with Gasteiger partial charge in [0.05, 0.1) is 0 Å². The molecule has 0 saturated carbocycles. The molecule has 0 aromatic heterocycles. The van der Waals surface area contributed by atoms with Gasteiger partial charge in [0.25, 0.3) is 0 Å². The zero-order chi connectivity index (χ0) is 19.6. The standard InChI is InChI=1S/C27H48/c1-4-5-6-7-8-9-10-11-12-13-14-15-16-17-18-19-20-23-27-24-21-22-25(2)26(27)3/h21-22,24H,4-20,23H2,1-3H3. The van der Waals surface area contributed by atoms with E-state index in [1.54, 1.807) is 5.56 Å². The molecule has 0 atom stereocenters. The Labute approximate surface area is 171 Å². The molecule has 0 aliphatic carbocycles. The number of aryl methyl sites for hydroxylation is 2. The highest BCUT2D eigenvalue weighted by atomic mass is 14.1. The van der Waals surface area contributed by atoms with Gasteiger partial charge < -0.3 is 0 Å². The van der Waals surface area contributed by atoms with Gasteiger partial charge in [-0.1, -0.05) is 128 Å². The molecule has 1 aromatic rings. The normalized spacial score (nSPS) is 11.2. The van der Waals surface area contributed by atoms with Gasteiger partial charge >= 0.3 is 0 Å². The lowest BCUT2D eigenvalue weighted by molar-refractivity contribution is 0.527. The van der Waals surface area contributed by atoms with Gasteiger partial charge in [-0.2, -0.15) is 0 Å². The first-order valence-corrected chi connectivity index (χ1v) is 12.3. The molecule has 0 radical (unpaired) electrons. The summed E-state index contributed by atoms with van der Waals surface area (Å²) in [5.74, 6) is 0. The first-order valence-electron chi connectivity index (χ1n) is 12.3. The summed E-state index contributed by atoms with van der Waals surface area (Å²) in [6.07, 6.45) is 25.9. The van der Waals surface area contributed by atoms with E-state index in [2.05, 4.69) is 39.0 Å². The van der Waals surface area contributed by atoms with Gasteiger partial charge in [0.2, 0.25) is 0 Å². The van der Waals surface area contributed by atoms with Crippen molar-refractivity contribution in [3.63, 3.8) is 0 Å². The maximum absolute atomic E-state index is 2.31. The van der Waals surface area contributed by atoms with Gasteiger partial charge in [0.1, 0.15) is 0 Å². The third-order valence-corrected chi connectivity index (χ3v) is 6.27. The van der Waals surface area contributed by atoms with E-state index in [0.717, 1.165) is 0 Å². The maximum atomic E-state index is 2.31. The Morgan fingerprint density at radius 3 is 1.37 bits per heavy atom. The zero-order valence-corrected chi connectivity index (χ0v) is 19.0. The highest BCUT2D eigenvalue weighted by molar-refractivity contribution is 5.33. The SMILES string of the molecule is CCCCCCCCCCCCCCCCCCCc1cccc(C)c1C. The van der Waals surface area contributed by atoms with Crippen molar-refractivity contribution in [1.82, 2.24) is 0 Å². The molecular formula is C27H48. The Morgan fingerprint density at radius 2 is 0.926 bits per heavy atom. The van der Waals surface area contributed by atoms with Crippen LogP contribution in [-0.2, 0) is 6.42 Å². The number of rotatable bonds is 18. The second-order valence-electron chi connectivity index (χ2n) is 8.77. The van der Waals surface area contributed by atoms with Crippen molar-refractivity contribution in [3.8, 4) is 0 Å². The first kappa shape index (κ1) is 24.3. The molecule has 0 aliphatic heterocycles. The minimum Gasteiger partial charge on any atom is -0.0654 e. The van der Waals surface area contributed by atoms with E-state index in [-0.39, 0.29) is 0 Å². The van der Waals surface area contributed by atoms with E-state index in [9.17, 15) is 0 Å². The lowest BCUT2D eigenvalue weighted by Crippen LogP contribution is -1.92. The summed E-state index contributed by atoms with van der Waals surface area (Å²) in [6.45, 7) is 6.80. The van der Waals surface area contributed by atoms with Crippen molar-refractivity contribution in [2.75, 3.05) is 0 Å². The Kier molecular flexibility index (Phi) is 15.6. The summed E-state index contributed by atoms with van der Waals surface area (Å²) >= 11 is 0. The van der Waals surface area contributed by atoms with E-state index >= 15 is 0 Å². The van der Waals surface area contributed by atoms with Crippen LogP contribution < -0.4 is 0 Å². The minimum absolute atomic E-state index is 1.27. The van der Waals surface area contributed by atoms with Crippen molar-refractivity contribution in [2.45, 2.75) is 136 Å². The molecule has 1 rings (SSSR count). The minimum atomic E-state index is 1.27. The molecule has 27 heavy (non-hydrogen) atoms. The van der Waals surface area contributed by atoms with Crippen molar-refractivity contribution in [3.05, 3.63) is 34.9 Å². The van der Waals surface area contributed by atoms with E-state index in [1.165, 1.54) is 127 Å². The molecule has 0 saturated heterocycles. The summed E-state index contributed by atoms with van der Waals surface area (Å²) in [5.41, 5.74) is 4.52. The van der Waals surface area contributed by atoms with Crippen LogP contribution in [0, 0.1) is 13.8 Å². The lowest BCUT2D eigenvalue weighted by atomic mass is 9.98. The fraction of sp³-hybridized carbons (Fsp3) is 0.778. The van der Waals surface area contributed by atoms with Gasteiger partial charge in [0.15, 0.2) is 0 Å². The summed E-state index contributed by atoms with van der Waals surface area (Å²) in [4.78, 5) is 0. The molecule has 0 bridgehead atoms. The Balaban J connectivity index is 1.79. The molecule has 0 unspecified atom stereocenters. The number of hydrogen-bond donors (Lipinski definition) is 0. The first-order chi connectivity index (χ1) is 13.3. The van der Waals surface area contributed by atoms with E-state index in [0.29, 0.717) is 0 Å². The van der Waals surface area contributed by atoms with Crippen LogP contribution in [0.5, 0.6) is 0 Å². The highest BCUT2D eigenvalue weighted by Gasteiger charge is 2.00. The third kappa shape index (κ3) is 13.1. The van der Waals surface area contributed by atoms with Crippen molar-refractivity contribution < 1.29 is 0 Å². The number of unbranched alkanes of at least 4 members (excludes halogenated alkanes) is 16. The zero-order valence-electron chi connectivity index (χ0n) is 19.0. The molecule has 0 N–H and O–H groups in total. The summed E-state index contributed by atoms with van der Waals surface area (Å²) in [5, 5.41) is 0.